The lowest BCUT2D eigenvalue weighted by atomic mass is 10.2. The van der Waals surface area contributed by atoms with Crippen LogP contribution in [0.15, 0.2) is 30.3 Å². The highest BCUT2D eigenvalue weighted by atomic mass is 16.3. The highest BCUT2D eigenvalue weighted by molar-refractivity contribution is 5.81. The molecule has 4 nitrogen and oxygen atoms in total. The third-order valence-electron chi connectivity index (χ3n) is 3.13. The molecule has 0 spiro atoms. The third kappa shape index (κ3) is 2.97. The van der Waals surface area contributed by atoms with Gasteiger partial charge in [-0.05, 0) is 25.0 Å². The number of nitrogens with zero attached hydrogens (tertiary/aromatic N) is 1. The van der Waals surface area contributed by atoms with Gasteiger partial charge in [0, 0.05) is 12.2 Å². The van der Waals surface area contributed by atoms with E-state index in [0.717, 1.165) is 25.1 Å². The van der Waals surface area contributed by atoms with Crippen LogP contribution >= 0.6 is 0 Å². The number of anilines is 1. The Labute approximate surface area is 101 Å². The van der Waals surface area contributed by atoms with E-state index in [0.29, 0.717) is 6.54 Å². The molecule has 1 saturated heterocycles. The number of aliphatic hydroxyl groups excluding tert-OH is 1. The summed E-state index contributed by atoms with van der Waals surface area (Å²) in [7, 11) is 0. The second-order valence-electron chi connectivity index (χ2n) is 4.29. The second kappa shape index (κ2) is 5.68. The van der Waals surface area contributed by atoms with E-state index in [9.17, 15) is 4.79 Å². The molecule has 1 aliphatic rings. The van der Waals surface area contributed by atoms with E-state index < -0.39 is 0 Å². The van der Waals surface area contributed by atoms with Crippen molar-refractivity contribution in [1.82, 2.24) is 4.90 Å². The minimum Gasteiger partial charge on any atom is -0.394 e. The van der Waals surface area contributed by atoms with Gasteiger partial charge in [-0.2, -0.15) is 0 Å². The molecule has 0 saturated carbocycles. The maximum atomic E-state index is 11.9. The molecule has 2 rings (SSSR count). The van der Waals surface area contributed by atoms with Gasteiger partial charge >= 0.3 is 0 Å². The molecule has 1 atom stereocenters. The summed E-state index contributed by atoms with van der Waals surface area (Å²) in [6.45, 7) is 1.12. The first kappa shape index (κ1) is 11.9. The summed E-state index contributed by atoms with van der Waals surface area (Å²) in [5, 5.41) is 12.2. The fraction of sp³-hybridized carbons (Fsp3) is 0.462. The van der Waals surface area contributed by atoms with Crippen molar-refractivity contribution < 1.29 is 9.90 Å². The van der Waals surface area contributed by atoms with Crippen molar-refractivity contribution in [2.75, 3.05) is 25.0 Å². The summed E-state index contributed by atoms with van der Waals surface area (Å²) in [4.78, 5) is 13.7. The van der Waals surface area contributed by atoms with E-state index in [1.807, 2.05) is 30.3 Å². The first-order chi connectivity index (χ1) is 8.31. The van der Waals surface area contributed by atoms with Crippen LogP contribution in [-0.4, -0.2) is 41.7 Å². The van der Waals surface area contributed by atoms with Crippen LogP contribution in [-0.2, 0) is 4.79 Å². The quantitative estimate of drug-likeness (QED) is 0.819. The molecule has 0 bridgehead atoms. The SMILES string of the molecule is O=C(CNc1ccccc1)N1CCC[C@H]1CO. The van der Waals surface area contributed by atoms with Gasteiger partial charge in [-0.25, -0.2) is 0 Å². The maximum Gasteiger partial charge on any atom is 0.242 e. The molecule has 17 heavy (non-hydrogen) atoms. The Morgan fingerprint density at radius 3 is 2.88 bits per heavy atom. The summed E-state index contributed by atoms with van der Waals surface area (Å²) >= 11 is 0. The van der Waals surface area contributed by atoms with Gasteiger partial charge < -0.3 is 15.3 Å². The van der Waals surface area contributed by atoms with Crippen molar-refractivity contribution in [2.24, 2.45) is 0 Å². The van der Waals surface area contributed by atoms with Crippen molar-refractivity contribution in [3.8, 4) is 0 Å². The highest BCUT2D eigenvalue weighted by Crippen LogP contribution is 2.16. The average molecular weight is 234 g/mol. The zero-order valence-electron chi connectivity index (χ0n) is 9.80. The zero-order valence-corrected chi connectivity index (χ0v) is 9.80. The molecule has 1 aromatic carbocycles. The van der Waals surface area contributed by atoms with E-state index in [1.54, 1.807) is 4.90 Å². The molecule has 1 aliphatic heterocycles. The Balaban J connectivity index is 1.85. The number of likely N-dealkylation sites (tertiary alicyclic amines) is 1. The molecule has 1 heterocycles. The number of carbonyl (C=O) groups is 1. The van der Waals surface area contributed by atoms with Crippen LogP contribution in [0.1, 0.15) is 12.8 Å². The van der Waals surface area contributed by atoms with Gasteiger partial charge in [-0.3, -0.25) is 4.79 Å². The Kier molecular flexibility index (Phi) is 3.98. The topological polar surface area (TPSA) is 52.6 Å². The van der Waals surface area contributed by atoms with E-state index in [2.05, 4.69) is 5.32 Å². The van der Waals surface area contributed by atoms with E-state index in [4.69, 9.17) is 5.11 Å². The van der Waals surface area contributed by atoms with Crippen molar-refractivity contribution in [2.45, 2.75) is 18.9 Å². The number of hydrogen-bond acceptors (Lipinski definition) is 3. The van der Waals surface area contributed by atoms with Crippen LogP contribution < -0.4 is 5.32 Å². The summed E-state index contributed by atoms with van der Waals surface area (Å²) < 4.78 is 0. The smallest absolute Gasteiger partial charge is 0.242 e. The first-order valence-electron chi connectivity index (χ1n) is 6.00. The molecule has 0 unspecified atom stereocenters. The maximum absolute atomic E-state index is 11.9. The number of carbonyl (C=O) groups excluding carboxylic acids is 1. The summed E-state index contributed by atoms with van der Waals surface area (Å²) in [5.74, 6) is 0.0606. The van der Waals surface area contributed by atoms with Crippen LogP contribution in [0.4, 0.5) is 5.69 Å². The van der Waals surface area contributed by atoms with Crippen LogP contribution in [0, 0.1) is 0 Å². The number of para-hydroxylation sites is 1. The van der Waals surface area contributed by atoms with Crippen LogP contribution in [0.2, 0.25) is 0 Å². The predicted octanol–water partition coefficient (Wildman–Crippen LogP) is 1.08. The fourth-order valence-electron chi connectivity index (χ4n) is 2.19. The molecular formula is C13H18N2O2. The van der Waals surface area contributed by atoms with Gasteiger partial charge in [0.1, 0.15) is 0 Å². The minimum absolute atomic E-state index is 0.0140. The molecule has 0 radical (unpaired) electrons. The molecule has 1 fully saturated rings. The lowest BCUT2D eigenvalue weighted by Gasteiger charge is -2.23. The largest absolute Gasteiger partial charge is 0.394 e. The second-order valence-corrected chi connectivity index (χ2v) is 4.29. The van der Waals surface area contributed by atoms with Gasteiger partial charge in [0.05, 0.1) is 19.2 Å². The fourth-order valence-corrected chi connectivity index (χ4v) is 2.19. The van der Waals surface area contributed by atoms with Crippen molar-refractivity contribution in [3.63, 3.8) is 0 Å². The summed E-state index contributed by atoms with van der Waals surface area (Å²) in [6.07, 6.45) is 1.90. The molecule has 0 aromatic heterocycles. The predicted molar refractivity (Wildman–Crippen MR) is 66.8 cm³/mol. The van der Waals surface area contributed by atoms with Crippen LogP contribution in [0.25, 0.3) is 0 Å². The van der Waals surface area contributed by atoms with Crippen molar-refractivity contribution in [3.05, 3.63) is 30.3 Å². The highest BCUT2D eigenvalue weighted by Gasteiger charge is 2.27. The number of rotatable bonds is 4. The molecule has 1 aromatic rings. The van der Waals surface area contributed by atoms with Crippen LogP contribution in [0.3, 0.4) is 0 Å². The van der Waals surface area contributed by atoms with E-state index in [1.165, 1.54) is 0 Å². The normalized spacial score (nSPS) is 19.4. The monoisotopic (exact) mass is 234 g/mol. The standard InChI is InChI=1S/C13H18N2O2/c16-10-12-7-4-8-15(12)13(17)9-14-11-5-2-1-3-6-11/h1-3,5-6,12,14,16H,4,7-10H2/t12-/m0/s1. The van der Waals surface area contributed by atoms with E-state index >= 15 is 0 Å². The first-order valence-corrected chi connectivity index (χ1v) is 6.00. The molecule has 1 amide bonds. The Morgan fingerprint density at radius 1 is 1.41 bits per heavy atom. The van der Waals surface area contributed by atoms with Crippen molar-refractivity contribution in [1.29, 1.82) is 0 Å². The molecular weight excluding hydrogens is 216 g/mol. The van der Waals surface area contributed by atoms with Gasteiger partial charge in [0.25, 0.3) is 0 Å². The molecule has 2 N–H and O–H groups in total. The lowest BCUT2D eigenvalue weighted by molar-refractivity contribution is -0.130. The average Bonchev–Trinajstić information content (AvgIpc) is 2.85. The summed E-state index contributed by atoms with van der Waals surface area (Å²) in [5.41, 5.74) is 0.945. The Bertz CT molecular complexity index is 367. The number of benzene rings is 1. The summed E-state index contributed by atoms with van der Waals surface area (Å²) in [6, 6.07) is 9.68. The molecule has 0 aliphatic carbocycles. The Morgan fingerprint density at radius 2 is 2.18 bits per heavy atom. The molecule has 4 heteroatoms. The minimum atomic E-state index is 0.0140. The lowest BCUT2D eigenvalue weighted by Crippen LogP contribution is -2.40. The third-order valence-corrected chi connectivity index (χ3v) is 3.13. The Hall–Kier alpha value is -1.55. The van der Waals surface area contributed by atoms with Crippen LogP contribution in [0.5, 0.6) is 0 Å². The van der Waals surface area contributed by atoms with Gasteiger partial charge in [0.15, 0.2) is 0 Å². The van der Waals surface area contributed by atoms with E-state index in [-0.39, 0.29) is 18.6 Å². The number of nitrogens with one attached hydrogen (secondary N) is 1. The van der Waals surface area contributed by atoms with Crippen molar-refractivity contribution >= 4 is 11.6 Å². The van der Waals surface area contributed by atoms with Gasteiger partial charge in [-0.1, -0.05) is 18.2 Å². The number of hydrogen-bond donors (Lipinski definition) is 2. The van der Waals surface area contributed by atoms with Gasteiger partial charge in [0.2, 0.25) is 5.91 Å². The number of amides is 1. The molecule has 92 valence electrons. The zero-order chi connectivity index (χ0) is 12.1. The number of aliphatic hydroxyl groups is 1. The van der Waals surface area contributed by atoms with Gasteiger partial charge in [-0.15, -0.1) is 0 Å².